The van der Waals surface area contributed by atoms with E-state index in [4.69, 9.17) is 0 Å². The molecule has 0 spiro atoms. The first-order valence-electron chi connectivity index (χ1n) is 6.44. The van der Waals surface area contributed by atoms with Gasteiger partial charge in [-0.25, -0.2) is 4.98 Å². The molecule has 2 N–H and O–H groups in total. The summed E-state index contributed by atoms with van der Waals surface area (Å²) in [6.07, 6.45) is -2.71. The molecule has 0 aliphatic carbocycles. The number of nitrogens with one attached hydrogen (secondary N) is 2. The Morgan fingerprint density at radius 2 is 2.05 bits per heavy atom. The third-order valence-corrected chi connectivity index (χ3v) is 3.66. The van der Waals surface area contributed by atoms with Gasteiger partial charge in [0.1, 0.15) is 6.54 Å². The summed E-state index contributed by atoms with van der Waals surface area (Å²) in [5.74, 6) is -0.763. The lowest BCUT2D eigenvalue weighted by Crippen LogP contribution is -2.34. The number of hydrogen-bond acceptors (Lipinski definition) is 4. The van der Waals surface area contributed by atoms with Crippen molar-refractivity contribution in [3.05, 3.63) is 45.9 Å². The Labute approximate surface area is 129 Å². The van der Waals surface area contributed by atoms with Crippen LogP contribution in [0.2, 0.25) is 0 Å². The Morgan fingerprint density at radius 1 is 1.32 bits per heavy atom. The molecule has 0 unspecified atom stereocenters. The van der Waals surface area contributed by atoms with Gasteiger partial charge in [-0.05, 0) is 19.1 Å². The number of alkyl halides is 3. The van der Waals surface area contributed by atoms with E-state index in [1.54, 1.807) is 24.4 Å². The minimum Gasteiger partial charge on any atom is -0.379 e. The molecule has 2 rings (SSSR count). The van der Waals surface area contributed by atoms with Crippen molar-refractivity contribution < 1.29 is 18.0 Å². The van der Waals surface area contributed by atoms with Crippen LogP contribution in [-0.4, -0.2) is 23.6 Å². The predicted molar refractivity (Wildman–Crippen MR) is 79.0 cm³/mol. The zero-order chi connectivity index (χ0) is 16.2. The number of rotatable bonds is 5. The van der Waals surface area contributed by atoms with Gasteiger partial charge >= 0.3 is 6.18 Å². The molecule has 0 aliphatic rings. The van der Waals surface area contributed by atoms with Gasteiger partial charge in [-0.3, -0.25) is 4.79 Å². The fourth-order valence-corrected chi connectivity index (χ4v) is 2.51. The van der Waals surface area contributed by atoms with Crippen LogP contribution < -0.4 is 10.6 Å². The second-order valence-corrected chi connectivity index (χ2v) is 5.86. The highest BCUT2D eigenvalue weighted by atomic mass is 32.1. The van der Waals surface area contributed by atoms with E-state index in [9.17, 15) is 18.0 Å². The lowest BCUT2D eigenvalue weighted by molar-refractivity contribution is -0.123. The van der Waals surface area contributed by atoms with Crippen LogP contribution in [0.3, 0.4) is 0 Å². The molecule has 1 aromatic carbocycles. The highest BCUT2D eigenvalue weighted by molar-refractivity contribution is 7.11. The Hall–Kier alpha value is -2.09. The highest BCUT2D eigenvalue weighted by Gasteiger charge is 2.28. The minimum atomic E-state index is -4.43. The Kier molecular flexibility index (Phi) is 5.02. The number of nitrogens with zero attached hydrogens (tertiary/aromatic N) is 1. The molecule has 0 bridgehead atoms. The average molecular weight is 329 g/mol. The molecule has 1 heterocycles. The Morgan fingerprint density at radius 3 is 2.68 bits per heavy atom. The number of carbonyl (C=O) groups is 1. The maximum atomic E-state index is 12.2. The maximum absolute atomic E-state index is 12.2. The fourth-order valence-electron chi connectivity index (χ4n) is 1.78. The van der Waals surface area contributed by atoms with Crippen LogP contribution >= 0.6 is 11.3 Å². The SMILES string of the molecule is Cc1ncc(CNc2ccccc2C(=O)NCC(F)(F)F)s1. The van der Waals surface area contributed by atoms with Crippen LogP contribution in [0.25, 0.3) is 0 Å². The smallest absolute Gasteiger partial charge is 0.379 e. The minimum absolute atomic E-state index is 0.174. The summed E-state index contributed by atoms with van der Waals surface area (Å²) in [4.78, 5) is 17.0. The van der Waals surface area contributed by atoms with Crippen LogP contribution in [0.15, 0.2) is 30.5 Å². The summed E-state index contributed by atoms with van der Waals surface area (Å²) < 4.78 is 36.5. The van der Waals surface area contributed by atoms with Crippen LogP contribution in [-0.2, 0) is 6.54 Å². The number of aryl methyl sites for hydroxylation is 1. The van der Waals surface area contributed by atoms with E-state index in [0.29, 0.717) is 12.2 Å². The Bertz CT molecular complexity index is 655. The summed E-state index contributed by atoms with van der Waals surface area (Å²) in [5.41, 5.74) is 0.654. The molecule has 1 aromatic heterocycles. The van der Waals surface area contributed by atoms with E-state index < -0.39 is 18.6 Å². The number of thiazole rings is 1. The van der Waals surface area contributed by atoms with Gasteiger partial charge in [0.15, 0.2) is 0 Å². The molecule has 1 amide bonds. The van der Waals surface area contributed by atoms with Crippen molar-refractivity contribution in [2.24, 2.45) is 0 Å². The van der Waals surface area contributed by atoms with Crippen molar-refractivity contribution in [2.45, 2.75) is 19.6 Å². The first-order chi connectivity index (χ1) is 10.3. The van der Waals surface area contributed by atoms with Crippen molar-refractivity contribution in [1.82, 2.24) is 10.3 Å². The van der Waals surface area contributed by atoms with Gasteiger partial charge in [-0.1, -0.05) is 12.1 Å². The van der Waals surface area contributed by atoms with Gasteiger partial charge in [0, 0.05) is 16.8 Å². The van der Waals surface area contributed by atoms with Gasteiger partial charge in [0.2, 0.25) is 0 Å². The van der Waals surface area contributed by atoms with Gasteiger partial charge in [-0.15, -0.1) is 11.3 Å². The first-order valence-corrected chi connectivity index (χ1v) is 7.26. The van der Waals surface area contributed by atoms with Gasteiger partial charge in [0.05, 0.1) is 17.1 Å². The molecule has 0 fully saturated rings. The summed E-state index contributed by atoms with van der Waals surface area (Å²) >= 11 is 1.51. The van der Waals surface area contributed by atoms with E-state index in [1.165, 1.54) is 17.4 Å². The molecular formula is C14H14F3N3OS. The van der Waals surface area contributed by atoms with Crippen molar-refractivity contribution >= 4 is 22.9 Å². The first kappa shape index (κ1) is 16.3. The quantitative estimate of drug-likeness (QED) is 0.884. The number of anilines is 1. The molecule has 118 valence electrons. The molecule has 0 saturated carbocycles. The molecule has 0 aliphatic heterocycles. The topological polar surface area (TPSA) is 54.0 Å². The van der Waals surface area contributed by atoms with E-state index in [2.05, 4.69) is 10.3 Å². The van der Waals surface area contributed by atoms with Gasteiger partial charge < -0.3 is 10.6 Å². The average Bonchev–Trinajstić information content (AvgIpc) is 2.88. The number of benzene rings is 1. The zero-order valence-electron chi connectivity index (χ0n) is 11.7. The molecule has 0 saturated heterocycles. The number of para-hydroxylation sites is 1. The largest absolute Gasteiger partial charge is 0.405 e. The van der Waals surface area contributed by atoms with Crippen LogP contribution in [0.1, 0.15) is 20.2 Å². The van der Waals surface area contributed by atoms with E-state index in [1.807, 2.05) is 12.2 Å². The number of hydrogen-bond donors (Lipinski definition) is 2. The fraction of sp³-hybridized carbons (Fsp3) is 0.286. The lowest BCUT2D eigenvalue weighted by atomic mass is 10.1. The predicted octanol–water partition coefficient (Wildman–Crippen LogP) is 3.36. The number of aromatic nitrogens is 1. The van der Waals surface area contributed by atoms with Gasteiger partial charge in [0.25, 0.3) is 5.91 Å². The summed E-state index contributed by atoms with van der Waals surface area (Å²) in [7, 11) is 0. The van der Waals surface area contributed by atoms with Crippen LogP contribution in [0.5, 0.6) is 0 Å². The Balaban J connectivity index is 2.04. The number of amides is 1. The van der Waals surface area contributed by atoms with Crippen molar-refractivity contribution in [3.8, 4) is 0 Å². The van der Waals surface area contributed by atoms with Crippen molar-refractivity contribution in [2.75, 3.05) is 11.9 Å². The van der Waals surface area contributed by atoms with E-state index >= 15 is 0 Å². The molecule has 0 radical (unpaired) electrons. The second-order valence-electron chi connectivity index (χ2n) is 4.54. The summed E-state index contributed by atoms with van der Waals surface area (Å²) in [5, 5.41) is 5.84. The molecule has 8 heteroatoms. The second kappa shape index (κ2) is 6.78. The van der Waals surface area contributed by atoms with Gasteiger partial charge in [-0.2, -0.15) is 13.2 Å². The zero-order valence-corrected chi connectivity index (χ0v) is 12.5. The summed E-state index contributed by atoms with van der Waals surface area (Å²) in [6, 6.07) is 6.44. The highest BCUT2D eigenvalue weighted by Crippen LogP contribution is 2.19. The standard InChI is InChI=1S/C14H14F3N3OS/c1-9-18-6-10(22-9)7-19-12-5-3-2-4-11(12)13(21)20-8-14(15,16)17/h2-6,19H,7-8H2,1H3,(H,20,21). The molecular weight excluding hydrogens is 315 g/mol. The monoisotopic (exact) mass is 329 g/mol. The van der Waals surface area contributed by atoms with Crippen molar-refractivity contribution in [3.63, 3.8) is 0 Å². The maximum Gasteiger partial charge on any atom is 0.405 e. The normalized spacial score (nSPS) is 11.3. The summed E-state index contributed by atoms with van der Waals surface area (Å²) in [6.45, 7) is 0.982. The molecule has 22 heavy (non-hydrogen) atoms. The molecule has 2 aromatic rings. The third kappa shape index (κ3) is 4.73. The number of carbonyl (C=O) groups excluding carboxylic acids is 1. The molecule has 0 atom stereocenters. The van der Waals surface area contributed by atoms with Crippen LogP contribution in [0, 0.1) is 6.92 Å². The number of halogens is 3. The lowest BCUT2D eigenvalue weighted by Gasteiger charge is -2.12. The van der Waals surface area contributed by atoms with E-state index in [0.717, 1.165) is 9.88 Å². The molecule has 4 nitrogen and oxygen atoms in total. The van der Waals surface area contributed by atoms with Crippen molar-refractivity contribution in [1.29, 1.82) is 0 Å². The van der Waals surface area contributed by atoms with E-state index in [-0.39, 0.29) is 5.56 Å². The van der Waals surface area contributed by atoms with Crippen LogP contribution in [0.4, 0.5) is 18.9 Å². The third-order valence-electron chi connectivity index (χ3n) is 2.74.